The number of nitrogens with one attached hydrogen (secondary N) is 1. The summed E-state index contributed by atoms with van der Waals surface area (Å²) in [6.07, 6.45) is -4.62. The van der Waals surface area contributed by atoms with Gasteiger partial charge in [0.05, 0.1) is 0 Å². The first kappa shape index (κ1) is 18.4. The van der Waals surface area contributed by atoms with Crippen LogP contribution in [-0.4, -0.2) is 25.9 Å². The Kier molecular flexibility index (Phi) is 5.12. The molecular weight excluding hydrogens is 361 g/mol. The largest absolute Gasteiger partial charge is 0.476 e. The maximum atomic E-state index is 12.9. The minimum absolute atomic E-state index is 0.00498. The quantitative estimate of drug-likeness (QED) is 0.709. The number of rotatable bonds is 6. The molecule has 1 atom stereocenters. The summed E-state index contributed by atoms with van der Waals surface area (Å²) in [6, 6.07) is 12.1. The lowest BCUT2D eigenvalue weighted by Gasteiger charge is -2.12. The fourth-order valence-electron chi connectivity index (χ4n) is 2.35. The van der Waals surface area contributed by atoms with Crippen LogP contribution in [-0.2, 0) is 12.7 Å². The van der Waals surface area contributed by atoms with Crippen molar-refractivity contribution in [3.63, 3.8) is 0 Å². The highest BCUT2D eigenvalue weighted by molar-refractivity contribution is 5.44. The molecule has 1 N–H and O–H groups in total. The molecule has 1 unspecified atom stereocenters. The number of benzene rings is 1. The molecular formula is C17H15F3N6O. The summed E-state index contributed by atoms with van der Waals surface area (Å²) >= 11 is 0. The minimum Gasteiger partial charge on any atom is -0.476 e. The van der Waals surface area contributed by atoms with E-state index in [4.69, 9.17) is 10.00 Å². The Morgan fingerprint density at radius 3 is 2.78 bits per heavy atom. The average molecular weight is 376 g/mol. The molecule has 2 heterocycles. The van der Waals surface area contributed by atoms with Crippen LogP contribution in [0.4, 0.5) is 19.0 Å². The molecule has 1 aromatic carbocycles. The van der Waals surface area contributed by atoms with Gasteiger partial charge in [0, 0.05) is 6.54 Å². The number of nitriles is 1. The van der Waals surface area contributed by atoms with Crippen molar-refractivity contribution in [1.82, 2.24) is 19.8 Å². The number of halogens is 3. The maximum Gasteiger partial charge on any atom is 0.453 e. The number of nitrogens with zero attached hydrogens (tertiary/aromatic N) is 5. The van der Waals surface area contributed by atoms with Crippen molar-refractivity contribution >= 4 is 11.5 Å². The van der Waals surface area contributed by atoms with Gasteiger partial charge in [0.2, 0.25) is 0 Å². The van der Waals surface area contributed by atoms with Gasteiger partial charge in [-0.25, -0.2) is 0 Å². The summed E-state index contributed by atoms with van der Waals surface area (Å²) < 4.78 is 45.0. The third-order valence-corrected chi connectivity index (χ3v) is 3.68. The second kappa shape index (κ2) is 7.49. The van der Waals surface area contributed by atoms with Crippen molar-refractivity contribution in [3.05, 3.63) is 47.8 Å². The SMILES string of the molecule is CCC(C#N)Oc1cccc(CNc2ccc3nnc(C(F)(F)F)n3n2)c1. The summed E-state index contributed by atoms with van der Waals surface area (Å²) in [7, 11) is 0. The molecule has 2 aromatic heterocycles. The fraction of sp³-hybridized carbons (Fsp3) is 0.294. The molecule has 0 aliphatic rings. The van der Waals surface area contributed by atoms with Crippen molar-refractivity contribution in [2.45, 2.75) is 32.2 Å². The van der Waals surface area contributed by atoms with E-state index >= 15 is 0 Å². The van der Waals surface area contributed by atoms with Crippen LogP contribution >= 0.6 is 0 Å². The molecule has 27 heavy (non-hydrogen) atoms. The van der Waals surface area contributed by atoms with Gasteiger partial charge >= 0.3 is 6.18 Å². The molecule has 0 saturated carbocycles. The van der Waals surface area contributed by atoms with Gasteiger partial charge in [0.25, 0.3) is 5.82 Å². The average Bonchev–Trinajstić information content (AvgIpc) is 3.08. The second-order valence-corrected chi connectivity index (χ2v) is 5.65. The summed E-state index contributed by atoms with van der Waals surface area (Å²) in [5.74, 6) is -0.398. The Balaban J connectivity index is 1.74. The molecule has 0 saturated heterocycles. The first-order valence-corrected chi connectivity index (χ1v) is 8.09. The van der Waals surface area contributed by atoms with E-state index in [0.717, 1.165) is 5.56 Å². The first-order valence-electron chi connectivity index (χ1n) is 8.09. The summed E-state index contributed by atoms with van der Waals surface area (Å²) in [6.45, 7) is 2.16. The van der Waals surface area contributed by atoms with Gasteiger partial charge in [-0.2, -0.15) is 22.9 Å². The fourth-order valence-corrected chi connectivity index (χ4v) is 2.35. The third-order valence-electron chi connectivity index (χ3n) is 3.68. The van der Waals surface area contributed by atoms with Crippen LogP contribution in [0.3, 0.4) is 0 Å². The second-order valence-electron chi connectivity index (χ2n) is 5.65. The molecule has 0 bridgehead atoms. The maximum absolute atomic E-state index is 12.9. The molecule has 3 aromatic rings. The zero-order chi connectivity index (χ0) is 19.4. The van der Waals surface area contributed by atoms with Gasteiger partial charge in [-0.1, -0.05) is 19.1 Å². The van der Waals surface area contributed by atoms with E-state index < -0.39 is 18.1 Å². The number of fused-ring (bicyclic) bond motifs is 1. The zero-order valence-corrected chi connectivity index (χ0v) is 14.2. The van der Waals surface area contributed by atoms with Crippen molar-refractivity contribution < 1.29 is 17.9 Å². The van der Waals surface area contributed by atoms with E-state index in [-0.39, 0.29) is 11.5 Å². The Bertz CT molecular complexity index is 979. The Hall–Kier alpha value is -3.35. The number of hydrogen-bond acceptors (Lipinski definition) is 6. The molecule has 0 amide bonds. The summed E-state index contributed by atoms with van der Waals surface area (Å²) in [5, 5.41) is 22.4. The summed E-state index contributed by atoms with van der Waals surface area (Å²) in [4.78, 5) is 0. The number of alkyl halides is 3. The smallest absolute Gasteiger partial charge is 0.453 e. The number of anilines is 1. The van der Waals surface area contributed by atoms with Gasteiger partial charge in [0.15, 0.2) is 11.8 Å². The van der Waals surface area contributed by atoms with E-state index in [1.165, 1.54) is 12.1 Å². The molecule has 0 fully saturated rings. The lowest BCUT2D eigenvalue weighted by atomic mass is 10.2. The van der Waals surface area contributed by atoms with Crippen LogP contribution < -0.4 is 10.1 Å². The van der Waals surface area contributed by atoms with Gasteiger partial charge in [-0.3, -0.25) is 0 Å². The Morgan fingerprint density at radius 1 is 1.26 bits per heavy atom. The zero-order valence-electron chi connectivity index (χ0n) is 14.2. The van der Waals surface area contributed by atoms with Gasteiger partial charge < -0.3 is 10.1 Å². The highest BCUT2D eigenvalue weighted by atomic mass is 19.4. The lowest BCUT2D eigenvalue weighted by Crippen LogP contribution is -2.14. The molecule has 10 heteroatoms. The van der Waals surface area contributed by atoms with Crippen LogP contribution in [0.15, 0.2) is 36.4 Å². The molecule has 3 rings (SSSR count). The van der Waals surface area contributed by atoms with Crippen LogP contribution in [0, 0.1) is 11.3 Å². The monoisotopic (exact) mass is 376 g/mol. The van der Waals surface area contributed by atoms with Crippen LogP contribution in [0.5, 0.6) is 5.75 Å². The molecule has 0 radical (unpaired) electrons. The van der Waals surface area contributed by atoms with E-state index in [0.29, 0.717) is 23.2 Å². The van der Waals surface area contributed by atoms with Crippen molar-refractivity contribution in [2.75, 3.05) is 5.32 Å². The topological polar surface area (TPSA) is 88.1 Å². The Labute approximate surface area is 152 Å². The normalized spacial score (nSPS) is 12.6. The van der Waals surface area contributed by atoms with E-state index in [9.17, 15) is 13.2 Å². The highest BCUT2D eigenvalue weighted by Crippen LogP contribution is 2.27. The number of hydrogen-bond donors (Lipinski definition) is 1. The number of aromatic nitrogens is 4. The third kappa shape index (κ3) is 4.25. The van der Waals surface area contributed by atoms with Crippen LogP contribution in [0.2, 0.25) is 0 Å². The van der Waals surface area contributed by atoms with Gasteiger partial charge in [-0.15, -0.1) is 15.3 Å². The first-order chi connectivity index (χ1) is 12.9. The van der Waals surface area contributed by atoms with E-state index in [2.05, 4.69) is 26.7 Å². The van der Waals surface area contributed by atoms with Crippen LogP contribution in [0.1, 0.15) is 24.7 Å². The standard InChI is InChI=1S/C17H15F3N6O/c1-2-12(9-21)27-13-5-3-4-11(8-13)10-22-14-6-7-15-23-24-16(17(18,19)20)26(15)25-14/h3-8,12H,2,10H2,1H3,(H,22,25). The summed E-state index contributed by atoms with van der Waals surface area (Å²) in [5.41, 5.74) is 0.826. The molecule has 7 nitrogen and oxygen atoms in total. The van der Waals surface area contributed by atoms with Crippen LogP contribution in [0.25, 0.3) is 5.65 Å². The number of ether oxygens (including phenoxy) is 1. The van der Waals surface area contributed by atoms with E-state index in [1.54, 1.807) is 18.2 Å². The molecule has 0 aliphatic heterocycles. The molecule has 0 aliphatic carbocycles. The highest BCUT2D eigenvalue weighted by Gasteiger charge is 2.37. The van der Waals surface area contributed by atoms with Gasteiger partial charge in [-0.05, 0) is 36.2 Å². The van der Waals surface area contributed by atoms with Crippen molar-refractivity contribution in [2.24, 2.45) is 0 Å². The minimum atomic E-state index is -4.65. The Morgan fingerprint density at radius 2 is 2.07 bits per heavy atom. The predicted octanol–water partition coefficient (Wildman–Crippen LogP) is 3.44. The van der Waals surface area contributed by atoms with Crippen molar-refractivity contribution in [1.29, 1.82) is 5.26 Å². The molecule has 140 valence electrons. The molecule has 0 spiro atoms. The van der Waals surface area contributed by atoms with Crippen molar-refractivity contribution in [3.8, 4) is 11.8 Å². The van der Waals surface area contributed by atoms with E-state index in [1.807, 2.05) is 13.0 Å². The lowest BCUT2D eigenvalue weighted by molar-refractivity contribution is -0.146. The predicted molar refractivity (Wildman–Crippen MR) is 89.9 cm³/mol. The van der Waals surface area contributed by atoms with Gasteiger partial charge in [0.1, 0.15) is 17.6 Å².